The number of rotatable bonds is 4. The van der Waals surface area contributed by atoms with Gasteiger partial charge in [0, 0.05) is 6.92 Å². The van der Waals surface area contributed by atoms with Crippen LogP contribution < -0.4 is 14.8 Å². The summed E-state index contributed by atoms with van der Waals surface area (Å²) in [6, 6.07) is 1.85. The second-order valence-corrected chi connectivity index (χ2v) is 5.57. The third-order valence-electron chi connectivity index (χ3n) is 3.01. The van der Waals surface area contributed by atoms with E-state index in [4.69, 9.17) is 33.0 Å². The molecule has 0 spiro atoms. The van der Waals surface area contributed by atoms with E-state index in [-0.39, 0.29) is 15.7 Å². The normalized spacial score (nSPS) is 10.4. The van der Waals surface area contributed by atoms with Crippen LogP contribution in [-0.4, -0.2) is 29.3 Å². The summed E-state index contributed by atoms with van der Waals surface area (Å²) in [6.07, 6.45) is -1.76. The Bertz CT molecular complexity index is 871. The van der Waals surface area contributed by atoms with Gasteiger partial charge in [0.25, 0.3) is 0 Å². The van der Waals surface area contributed by atoms with Crippen molar-refractivity contribution in [3.8, 4) is 22.9 Å². The molecule has 0 aliphatic heterocycles. The van der Waals surface area contributed by atoms with E-state index in [2.05, 4.69) is 15.0 Å². The van der Waals surface area contributed by atoms with Gasteiger partial charge in [0.05, 0.1) is 29.1 Å². The molecule has 2 aromatic rings. The van der Waals surface area contributed by atoms with E-state index in [0.29, 0.717) is 0 Å². The predicted molar refractivity (Wildman–Crippen MR) is 89.1 cm³/mol. The highest BCUT2D eigenvalue weighted by Gasteiger charge is 2.24. The summed E-state index contributed by atoms with van der Waals surface area (Å²) in [5.74, 6) is -3.96. The molecule has 0 radical (unpaired) electrons. The Morgan fingerprint density at radius 1 is 1.27 bits per heavy atom. The molecule has 2 N–H and O–H groups in total. The fraction of sp³-hybridized carbons (Fsp3) is 0.133. The average Bonchev–Trinajstić information content (AvgIpc) is 2.50. The first-order valence-corrected chi connectivity index (χ1v) is 7.52. The number of hydrogen-bond donors (Lipinski definition) is 2. The van der Waals surface area contributed by atoms with Crippen molar-refractivity contribution in [3.63, 3.8) is 0 Å². The summed E-state index contributed by atoms with van der Waals surface area (Å²) < 4.78 is 38.1. The second kappa shape index (κ2) is 7.71. The Balaban J connectivity index is 2.77. The molecule has 26 heavy (non-hydrogen) atoms. The van der Waals surface area contributed by atoms with Gasteiger partial charge < -0.3 is 19.9 Å². The van der Waals surface area contributed by atoms with Gasteiger partial charge in [-0.1, -0.05) is 23.2 Å². The van der Waals surface area contributed by atoms with Crippen LogP contribution in [0.2, 0.25) is 10.0 Å². The van der Waals surface area contributed by atoms with Crippen LogP contribution in [0, 0.1) is 11.6 Å². The molecule has 2 rings (SSSR count). The maximum atomic E-state index is 14.6. The first kappa shape index (κ1) is 19.7. The maximum Gasteiger partial charge on any atom is 0.512 e. The number of amides is 1. The lowest BCUT2D eigenvalue weighted by Crippen LogP contribution is -2.11. The molecule has 0 aliphatic carbocycles. The molecule has 1 aromatic heterocycles. The standard InChI is InChI=1S/C15H10Cl2F2N2O5/c1-5(22)20-9-4-8(21-14(11(9)17)26-15(23)24)10-7(18)3-6(16)13(25-2)12(10)19/h3-4H,1-2H3,(H,23,24)(H,20,21,22). The Hall–Kier alpha value is -2.65. The van der Waals surface area contributed by atoms with Crippen LogP contribution in [0.3, 0.4) is 0 Å². The summed E-state index contributed by atoms with van der Waals surface area (Å²) in [5, 5.41) is 10.4. The Morgan fingerprint density at radius 2 is 1.92 bits per heavy atom. The molecule has 0 saturated carbocycles. The van der Waals surface area contributed by atoms with Crippen LogP contribution in [0.4, 0.5) is 19.3 Å². The summed E-state index contributed by atoms with van der Waals surface area (Å²) >= 11 is 11.6. The number of methoxy groups -OCH3 is 1. The van der Waals surface area contributed by atoms with Crippen molar-refractivity contribution in [1.82, 2.24) is 4.98 Å². The van der Waals surface area contributed by atoms with Gasteiger partial charge in [-0.2, -0.15) is 0 Å². The van der Waals surface area contributed by atoms with Crippen LogP contribution in [0.15, 0.2) is 12.1 Å². The van der Waals surface area contributed by atoms with Gasteiger partial charge in [-0.3, -0.25) is 4.79 Å². The largest absolute Gasteiger partial charge is 0.512 e. The SMILES string of the molecule is COc1c(Cl)cc(F)c(-c2cc(NC(C)=O)c(Cl)c(OC(=O)O)n2)c1F. The highest BCUT2D eigenvalue weighted by atomic mass is 35.5. The number of aromatic nitrogens is 1. The van der Waals surface area contributed by atoms with Gasteiger partial charge in [-0.15, -0.1) is 0 Å². The van der Waals surface area contributed by atoms with E-state index in [1.165, 1.54) is 0 Å². The van der Waals surface area contributed by atoms with E-state index >= 15 is 0 Å². The third-order valence-corrected chi connectivity index (χ3v) is 3.66. The predicted octanol–water partition coefficient (Wildman–Crippen LogP) is 4.36. The number of anilines is 1. The quantitative estimate of drug-likeness (QED) is 0.732. The molecule has 0 fully saturated rings. The van der Waals surface area contributed by atoms with Crippen LogP contribution in [0.1, 0.15) is 6.92 Å². The molecule has 0 saturated heterocycles. The molecular formula is C15H10Cl2F2N2O5. The molecule has 7 nitrogen and oxygen atoms in total. The maximum absolute atomic E-state index is 14.6. The first-order chi connectivity index (χ1) is 12.1. The van der Waals surface area contributed by atoms with Gasteiger partial charge in [0.1, 0.15) is 10.8 Å². The van der Waals surface area contributed by atoms with E-state index < -0.39 is 46.6 Å². The Kier molecular flexibility index (Phi) is 5.83. The van der Waals surface area contributed by atoms with Crippen molar-refractivity contribution in [2.24, 2.45) is 0 Å². The number of nitrogens with zero attached hydrogens (tertiary/aromatic N) is 1. The molecule has 1 aromatic carbocycles. The van der Waals surface area contributed by atoms with Gasteiger partial charge in [0.2, 0.25) is 11.8 Å². The van der Waals surface area contributed by atoms with Crippen molar-refractivity contribution in [3.05, 3.63) is 33.8 Å². The zero-order chi connectivity index (χ0) is 19.6. The van der Waals surface area contributed by atoms with Gasteiger partial charge in [-0.25, -0.2) is 18.6 Å². The molecule has 0 unspecified atom stereocenters. The van der Waals surface area contributed by atoms with Crippen molar-refractivity contribution < 1.29 is 33.0 Å². The van der Waals surface area contributed by atoms with Crippen molar-refractivity contribution >= 4 is 41.0 Å². The number of pyridine rings is 1. The number of carbonyl (C=O) groups is 2. The lowest BCUT2D eigenvalue weighted by Gasteiger charge is -2.14. The number of nitrogens with one attached hydrogen (secondary N) is 1. The van der Waals surface area contributed by atoms with E-state index in [0.717, 1.165) is 26.2 Å². The van der Waals surface area contributed by atoms with Crippen molar-refractivity contribution in [1.29, 1.82) is 0 Å². The lowest BCUT2D eigenvalue weighted by atomic mass is 10.1. The van der Waals surface area contributed by atoms with Crippen LogP contribution in [-0.2, 0) is 4.79 Å². The summed E-state index contributed by atoms with van der Waals surface area (Å²) in [7, 11) is 1.13. The Labute approximate surface area is 155 Å². The van der Waals surface area contributed by atoms with E-state index in [1.54, 1.807) is 0 Å². The molecule has 1 amide bonds. The topological polar surface area (TPSA) is 97.8 Å². The molecule has 138 valence electrons. The first-order valence-electron chi connectivity index (χ1n) is 6.76. The average molecular weight is 407 g/mol. The molecule has 1 heterocycles. The number of halogens is 4. The van der Waals surface area contributed by atoms with Gasteiger partial charge >= 0.3 is 6.16 Å². The molecule has 0 atom stereocenters. The number of ether oxygens (including phenoxy) is 2. The zero-order valence-corrected chi connectivity index (χ0v) is 14.7. The molecule has 11 heteroatoms. The van der Waals surface area contributed by atoms with E-state index in [9.17, 15) is 18.4 Å². The smallest absolute Gasteiger partial charge is 0.492 e. The minimum atomic E-state index is -1.76. The zero-order valence-electron chi connectivity index (χ0n) is 13.2. The fourth-order valence-electron chi connectivity index (χ4n) is 2.06. The number of hydrogen-bond acceptors (Lipinski definition) is 5. The third kappa shape index (κ3) is 3.94. The van der Waals surface area contributed by atoms with Gasteiger partial charge in [0.15, 0.2) is 11.6 Å². The number of carboxylic acid groups (broad SMARTS) is 1. The van der Waals surface area contributed by atoms with Crippen LogP contribution in [0.5, 0.6) is 11.6 Å². The summed E-state index contributed by atoms with van der Waals surface area (Å²) in [4.78, 5) is 25.8. The van der Waals surface area contributed by atoms with Gasteiger partial charge in [-0.05, 0) is 12.1 Å². The Morgan fingerprint density at radius 3 is 2.46 bits per heavy atom. The second-order valence-electron chi connectivity index (χ2n) is 4.79. The van der Waals surface area contributed by atoms with E-state index in [1.807, 2.05) is 0 Å². The van der Waals surface area contributed by atoms with Crippen molar-refractivity contribution in [2.75, 3.05) is 12.4 Å². The minimum Gasteiger partial charge on any atom is -0.492 e. The van der Waals surface area contributed by atoms with Crippen LogP contribution >= 0.6 is 23.2 Å². The molecule has 0 aliphatic rings. The fourth-order valence-corrected chi connectivity index (χ4v) is 2.50. The summed E-state index contributed by atoms with van der Waals surface area (Å²) in [6.45, 7) is 1.15. The summed E-state index contributed by atoms with van der Waals surface area (Å²) in [5.41, 5.74) is -1.24. The molecule has 0 bridgehead atoms. The molecular weight excluding hydrogens is 397 g/mol. The monoisotopic (exact) mass is 406 g/mol. The number of carbonyl (C=O) groups excluding carboxylic acids is 1. The van der Waals surface area contributed by atoms with Crippen molar-refractivity contribution in [2.45, 2.75) is 6.92 Å². The minimum absolute atomic E-state index is 0.159. The highest BCUT2D eigenvalue weighted by molar-refractivity contribution is 6.35. The number of benzene rings is 1. The highest BCUT2D eigenvalue weighted by Crippen LogP contribution is 2.40. The van der Waals surface area contributed by atoms with Crippen LogP contribution in [0.25, 0.3) is 11.3 Å². The lowest BCUT2D eigenvalue weighted by molar-refractivity contribution is -0.114.